The Bertz CT molecular complexity index is 598. The molecular formula is C14H16N2O3. The van der Waals surface area contributed by atoms with Gasteiger partial charge in [-0.2, -0.15) is 5.10 Å². The maximum atomic E-state index is 11.6. The van der Waals surface area contributed by atoms with Gasteiger partial charge in [0.05, 0.1) is 12.3 Å². The van der Waals surface area contributed by atoms with Crippen molar-refractivity contribution in [2.45, 2.75) is 26.9 Å². The Morgan fingerprint density at radius 1 is 1.26 bits per heavy atom. The molecule has 0 spiro atoms. The first-order chi connectivity index (χ1) is 9.13. The summed E-state index contributed by atoms with van der Waals surface area (Å²) in [6.07, 6.45) is -0.708. The second-order valence-corrected chi connectivity index (χ2v) is 4.15. The van der Waals surface area contributed by atoms with Crippen molar-refractivity contribution in [3.63, 3.8) is 0 Å². The van der Waals surface area contributed by atoms with Gasteiger partial charge in [0.2, 0.25) is 5.88 Å². The minimum atomic E-state index is -0.708. The van der Waals surface area contributed by atoms with Crippen LogP contribution in [0.15, 0.2) is 24.3 Å². The molecule has 0 saturated heterocycles. The molecule has 0 amide bonds. The fourth-order valence-electron chi connectivity index (χ4n) is 1.78. The molecule has 2 aromatic rings. The molecule has 0 bridgehead atoms. The Labute approximate surface area is 111 Å². The third kappa shape index (κ3) is 2.81. The zero-order valence-corrected chi connectivity index (χ0v) is 11.2. The van der Waals surface area contributed by atoms with E-state index in [1.165, 1.54) is 0 Å². The first kappa shape index (κ1) is 13.3. The molecule has 1 aromatic carbocycles. The van der Waals surface area contributed by atoms with Crippen molar-refractivity contribution < 1.29 is 14.3 Å². The van der Waals surface area contributed by atoms with Crippen LogP contribution in [0.5, 0.6) is 5.88 Å². The maximum absolute atomic E-state index is 11.6. The van der Waals surface area contributed by atoms with Gasteiger partial charge in [-0.1, -0.05) is 18.2 Å². The molecule has 2 rings (SSSR count). The van der Waals surface area contributed by atoms with Crippen LogP contribution in [0, 0.1) is 6.92 Å². The molecule has 0 fully saturated rings. The van der Waals surface area contributed by atoms with E-state index in [1.807, 2.05) is 31.2 Å². The average Bonchev–Trinajstić information content (AvgIpc) is 2.42. The molecule has 0 aliphatic rings. The van der Waals surface area contributed by atoms with Gasteiger partial charge in [0.25, 0.3) is 0 Å². The summed E-state index contributed by atoms with van der Waals surface area (Å²) in [7, 11) is 0. The third-order valence-corrected chi connectivity index (χ3v) is 2.75. The van der Waals surface area contributed by atoms with Crippen LogP contribution in [0.4, 0.5) is 0 Å². The molecule has 1 heterocycles. The van der Waals surface area contributed by atoms with Gasteiger partial charge in [-0.05, 0) is 26.8 Å². The molecule has 0 radical (unpaired) electrons. The Balaban J connectivity index is 2.31. The zero-order valence-electron chi connectivity index (χ0n) is 11.2. The van der Waals surface area contributed by atoms with Crippen LogP contribution < -0.4 is 4.74 Å². The molecule has 5 nitrogen and oxygen atoms in total. The monoisotopic (exact) mass is 260 g/mol. The number of carbonyl (C=O) groups is 1. The molecule has 5 heteroatoms. The van der Waals surface area contributed by atoms with Crippen LogP contribution in [0.3, 0.4) is 0 Å². The van der Waals surface area contributed by atoms with E-state index in [2.05, 4.69) is 10.2 Å². The summed E-state index contributed by atoms with van der Waals surface area (Å²) in [5.74, 6) is -0.0595. The fourth-order valence-corrected chi connectivity index (χ4v) is 1.78. The van der Waals surface area contributed by atoms with E-state index in [0.717, 1.165) is 16.5 Å². The molecule has 0 saturated carbocycles. The Morgan fingerprint density at radius 3 is 2.63 bits per heavy atom. The lowest BCUT2D eigenvalue weighted by Crippen LogP contribution is -2.26. The highest BCUT2D eigenvalue weighted by Gasteiger charge is 2.18. The van der Waals surface area contributed by atoms with Crippen molar-refractivity contribution in [1.82, 2.24) is 10.2 Å². The van der Waals surface area contributed by atoms with Gasteiger partial charge >= 0.3 is 5.97 Å². The number of carbonyl (C=O) groups excluding carboxylic acids is 1. The van der Waals surface area contributed by atoms with Crippen molar-refractivity contribution in [3.8, 4) is 5.88 Å². The van der Waals surface area contributed by atoms with Crippen molar-refractivity contribution >= 4 is 16.7 Å². The lowest BCUT2D eigenvalue weighted by atomic mass is 10.1. The van der Waals surface area contributed by atoms with Gasteiger partial charge in [0, 0.05) is 10.8 Å². The highest BCUT2D eigenvalue weighted by atomic mass is 16.6. The number of benzene rings is 1. The largest absolute Gasteiger partial charge is 0.463 e. The highest BCUT2D eigenvalue weighted by Crippen LogP contribution is 2.24. The van der Waals surface area contributed by atoms with E-state index in [9.17, 15) is 4.79 Å². The summed E-state index contributed by atoms with van der Waals surface area (Å²) < 4.78 is 10.4. The minimum absolute atomic E-state index is 0.326. The zero-order chi connectivity index (χ0) is 13.8. The quantitative estimate of drug-likeness (QED) is 0.789. The van der Waals surface area contributed by atoms with Crippen molar-refractivity contribution in [1.29, 1.82) is 0 Å². The SMILES string of the molecule is CCOC(=O)C(C)Oc1nnc(C)c2ccccc12. The molecule has 1 aromatic heterocycles. The van der Waals surface area contributed by atoms with Crippen LogP contribution in [-0.4, -0.2) is 28.9 Å². The predicted octanol–water partition coefficient (Wildman–Crippen LogP) is 2.27. The maximum Gasteiger partial charge on any atom is 0.347 e. The molecule has 100 valence electrons. The molecule has 1 atom stereocenters. The van der Waals surface area contributed by atoms with E-state index >= 15 is 0 Å². The Hall–Kier alpha value is -2.17. The normalized spacial score (nSPS) is 12.2. The lowest BCUT2D eigenvalue weighted by Gasteiger charge is -2.14. The number of ether oxygens (including phenoxy) is 2. The summed E-state index contributed by atoms with van der Waals surface area (Å²) in [6, 6.07) is 7.66. The number of fused-ring (bicyclic) bond motifs is 1. The standard InChI is InChI=1S/C14H16N2O3/c1-4-18-14(17)10(3)19-13-12-8-6-5-7-11(12)9(2)15-16-13/h5-8,10H,4H2,1-3H3. The van der Waals surface area contributed by atoms with Gasteiger partial charge in [0.15, 0.2) is 6.10 Å². The molecule has 0 aliphatic carbocycles. The van der Waals surface area contributed by atoms with Gasteiger partial charge in [-0.25, -0.2) is 4.79 Å². The number of aromatic nitrogens is 2. The van der Waals surface area contributed by atoms with E-state index in [0.29, 0.717) is 12.5 Å². The smallest absolute Gasteiger partial charge is 0.347 e. The van der Waals surface area contributed by atoms with E-state index in [4.69, 9.17) is 9.47 Å². The number of esters is 1. The van der Waals surface area contributed by atoms with Crippen LogP contribution in [0.25, 0.3) is 10.8 Å². The van der Waals surface area contributed by atoms with Crippen LogP contribution >= 0.6 is 0 Å². The lowest BCUT2D eigenvalue weighted by molar-refractivity contribution is -0.150. The second kappa shape index (κ2) is 5.65. The molecule has 0 N–H and O–H groups in total. The second-order valence-electron chi connectivity index (χ2n) is 4.15. The number of rotatable bonds is 4. The van der Waals surface area contributed by atoms with E-state index < -0.39 is 12.1 Å². The molecule has 19 heavy (non-hydrogen) atoms. The average molecular weight is 260 g/mol. The Kier molecular flexibility index (Phi) is 3.94. The topological polar surface area (TPSA) is 61.3 Å². The van der Waals surface area contributed by atoms with Gasteiger partial charge < -0.3 is 9.47 Å². The third-order valence-electron chi connectivity index (χ3n) is 2.75. The molecule has 0 aliphatic heterocycles. The van der Waals surface area contributed by atoms with Gasteiger partial charge in [-0.15, -0.1) is 5.10 Å². The summed E-state index contributed by atoms with van der Waals surface area (Å²) in [5, 5.41) is 9.85. The summed E-state index contributed by atoms with van der Waals surface area (Å²) >= 11 is 0. The first-order valence-electron chi connectivity index (χ1n) is 6.18. The van der Waals surface area contributed by atoms with E-state index in [1.54, 1.807) is 13.8 Å². The summed E-state index contributed by atoms with van der Waals surface area (Å²) in [4.78, 5) is 11.6. The fraction of sp³-hybridized carbons (Fsp3) is 0.357. The summed E-state index contributed by atoms with van der Waals surface area (Å²) in [5.41, 5.74) is 0.826. The van der Waals surface area contributed by atoms with Crippen LogP contribution in [0.1, 0.15) is 19.5 Å². The minimum Gasteiger partial charge on any atom is -0.463 e. The number of aryl methyl sites for hydroxylation is 1. The van der Waals surface area contributed by atoms with Gasteiger partial charge in [0.1, 0.15) is 0 Å². The van der Waals surface area contributed by atoms with Crippen molar-refractivity contribution in [2.75, 3.05) is 6.61 Å². The van der Waals surface area contributed by atoms with Crippen molar-refractivity contribution in [3.05, 3.63) is 30.0 Å². The van der Waals surface area contributed by atoms with Gasteiger partial charge in [-0.3, -0.25) is 0 Å². The number of hydrogen-bond donors (Lipinski definition) is 0. The van der Waals surface area contributed by atoms with E-state index in [-0.39, 0.29) is 0 Å². The van der Waals surface area contributed by atoms with Crippen molar-refractivity contribution in [2.24, 2.45) is 0 Å². The number of hydrogen-bond acceptors (Lipinski definition) is 5. The highest BCUT2D eigenvalue weighted by molar-refractivity contribution is 5.88. The Morgan fingerprint density at radius 2 is 1.95 bits per heavy atom. The number of nitrogens with zero attached hydrogens (tertiary/aromatic N) is 2. The molecular weight excluding hydrogens is 244 g/mol. The van der Waals surface area contributed by atoms with Crippen LogP contribution in [0.2, 0.25) is 0 Å². The summed E-state index contributed by atoms with van der Waals surface area (Å²) in [6.45, 7) is 5.60. The molecule has 1 unspecified atom stereocenters. The predicted molar refractivity (Wildman–Crippen MR) is 71.0 cm³/mol. The first-order valence-corrected chi connectivity index (χ1v) is 6.18. The van der Waals surface area contributed by atoms with Crippen LogP contribution in [-0.2, 0) is 9.53 Å².